The fourth-order valence-corrected chi connectivity index (χ4v) is 2.15. The van der Waals surface area contributed by atoms with E-state index in [1.165, 1.54) is 12.1 Å². The molecule has 2 aromatic rings. The first-order valence-electron chi connectivity index (χ1n) is 6.85. The summed E-state index contributed by atoms with van der Waals surface area (Å²) in [5, 5.41) is 3.17. The van der Waals surface area contributed by atoms with E-state index in [1.54, 1.807) is 0 Å². The van der Waals surface area contributed by atoms with E-state index in [4.69, 9.17) is 4.74 Å². The first-order valence-corrected chi connectivity index (χ1v) is 6.85. The first kappa shape index (κ1) is 15.4. The van der Waals surface area contributed by atoms with Gasteiger partial charge in [-0.2, -0.15) is 0 Å². The molecule has 2 aromatic carbocycles. The van der Waals surface area contributed by atoms with Gasteiger partial charge in [-0.25, -0.2) is 8.78 Å². The summed E-state index contributed by atoms with van der Waals surface area (Å²) in [6, 6.07) is 9.41. The minimum Gasteiger partial charge on any atom is -0.489 e. The molecule has 21 heavy (non-hydrogen) atoms. The van der Waals surface area contributed by atoms with Crippen LogP contribution in [0.1, 0.15) is 29.7 Å². The molecule has 0 amide bonds. The van der Waals surface area contributed by atoms with Crippen LogP contribution in [0.15, 0.2) is 36.4 Å². The summed E-state index contributed by atoms with van der Waals surface area (Å²) in [6.45, 7) is 4.17. The second-order valence-electron chi connectivity index (χ2n) is 5.12. The van der Waals surface area contributed by atoms with E-state index in [1.807, 2.05) is 39.1 Å². The number of benzene rings is 2. The Morgan fingerprint density at radius 2 is 1.76 bits per heavy atom. The third-order valence-electron chi connectivity index (χ3n) is 3.38. The number of halogens is 2. The highest BCUT2D eigenvalue weighted by atomic mass is 19.1. The lowest BCUT2D eigenvalue weighted by Gasteiger charge is -2.17. The Labute approximate surface area is 123 Å². The Morgan fingerprint density at radius 3 is 2.38 bits per heavy atom. The molecule has 0 aromatic heterocycles. The van der Waals surface area contributed by atoms with Gasteiger partial charge in [0.15, 0.2) is 0 Å². The van der Waals surface area contributed by atoms with Gasteiger partial charge in [0.2, 0.25) is 0 Å². The highest BCUT2D eigenvalue weighted by Gasteiger charge is 2.11. The van der Waals surface area contributed by atoms with Crippen LogP contribution in [-0.2, 0) is 6.61 Å². The lowest BCUT2D eigenvalue weighted by atomic mass is 10.0. The molecule has 0 aliphatic carbocycles. The molecule has 1 unspecified atom stereocenters. The van der Waals surface area contributed by atoms with Crippen molar-refractivity contribution in [2.24, 2.45) is 0 Å². The van der Waals surface area contributed by atoms with Crippen molar-refractivity contribution in [3.05, 3.63) is 64.7 Å². The molecular weight excluding hydrogens is 272 g/mol. The molecule has 4 heteroatoms. The van der Waals surface area contributed by atoms with Crippen LogP contribution in [0, 0.1) is 18.6 Å². The van der Waals surface area contributed by atoms with Gasteiger partial charge in [0.25, 0.3) is 0 Å². The van der Waals surface area contributed by atoms with Crippen molar-refractivity contribution in [3.63, 3.8) is 0 Å². The molecule has 1 atom stereocenters. The summed E-state index contributed by atoms with van der Waals surface area (Å²) in [5.74, 6) is -0.477. The van der Waals surface area contributed by atoms with Crippen molar-refractivity contribution in [1.82, 2.24) is 5.32 Å². The van der Waals surface area contributed by atoms with Gasteiger partial charge >= 0.3 is 0 Å². The maximum atomic E-state index is 13.2. The van der Waals surface area contributed by atoms with Gasteiger partial charge in [-0.1, -0.05) is 17.7 Å². The van der Waals surface area contributed by atoms with E-state index in [9.17, 15) is 8.78 Å². The van der Waals surface area contributed by atoms with Crippen molar-refractivity contribution < 1.29 is 13.5 Å². The lowest BCUT2D eigenvalue weighted by molar-refractivity contribution is 0.299. The Kier molecular flexibility index (Phi) is 4.91. The summed E-state index contributed by atoms with van der Waals surface area (Å²) in [5.41, 5.74) is 2.63. The molecule has 0 saturated heterocycles. The van der Waals surface area contributed by atoms with Crippen LogP contribution in [0.2, 0.25) is 0 Å². The van der Waals surface area contributed by atoms with Gasteiger partial charge in [-0.15, -0.1) is 0 Å². The van der Waals surface area contributed by atoms with Crippen molar-refractivity contribution in [2.45, 2.75) is 26.5 Å². The van der Waals surface area contributed by atoms with E-state index in [0.29, 0.717) is 11.3 Å². The Morgan fingerprint density at radius 1 is 1.10 bits per heavy atom. The number of hydrogen-bond donors (Lipinski definition) is 1. The average Bonchev–Trinajstić information content (AvgIpc) is 2.44. The third-order valence-corrected chi connectivity index (χ3v) is 3.38. The molecular formula is C17H19F2NO. The van der Waals surface area contributed by atoms with E-state index >= 15 is 0 Å². The van der Waals surface area contributed by atoms with E-state index in [-0.39, 0.29) is 12.6 Å². The minimum absolute atomic E-state index is 0.126. The second-order valence-corrected chi connectivity index (χ2v) is 5.12. The zero-order valence-corrected chi connectivity index (χ0v) is 12.4. The first-order chi connectivity index (χ1) is 9.99. The molecule has 0 spiro atoms. The van der Waals surface area contributed by atoms with Gasteiger partial charge in [-0.05, 0) is 44.7 Å². The zero-order valence-electron chi connectivity index (χ0n) is 12.4. The van der Waals surface area contributed by atoms with E-state index in [0.717, 1.165) is 17.2 Å². The highest BCUT2D eigenvalue weighted by molar-refractivity contribution is 5.39. The van der Waals surface area contributed by atoms with Crippen molar-refractivity contribution in [2.75, 3.05) is 7.05 Å². The standard InChI is InChI=1S/C17H19F2NO/c1-11-4-5-17(16(6-11)12(2)20-3)21-10-13-7-14(18)9-15(19)8-13/h4-9,12,20H,10H2,1-3H3. The molecule has 2 rings (SSSR count). The molecule has 0 fully saturated rings. The van der Waals surface area contributed by atoms with Gasteiger partial charge < -0.3 is 10.1 Å². The minimum atomic E-state index is -0.596. The molecule has 0 radical (unpaired) electrons. The normalized spacial score (nSPS) is 12.2. The molecule has 2 nitrogen and oxygen atoms in total. The van der Waals surface area contributed by atoms with Crippen molar-refractivity contribution >= 4 is 0 Å². The van der Waals surface area contributed by atoms with Crippen LogP contribution in [0.3, 0.4) is 0 Å². The predicted octanol–water partition coefficient (Wildman–Crippen LogP) is 4.13. The molecule has 1 N–H and O–H groups in total. The molecule has 0 saturated carbocycles. The van der Waals surface area contributed by atoms with Crippen LogP contribution < -0.4 is 10.1 Å². The Balaban J connectivity index is 2.19. The zero-order chi connectivity index (χ0) is 15.4. The predicted molar refractivity (Wildman–Crippen MR) is 79.3 cm³/mol. The highest BCUT2D eigenvalue weighted by Crippen LogP contribution is 2.27. The maximum Gasteiger partial charge on any atom is 0.126 e. The van der Waals surface area contributed by atoms with Crippen LogP contribution in [-0.4, -0.2) is 7.05 Å². The summed E-state index contributed by atoms with van der Waals surface area (Å²) in [4.78, 5) is 0. The monoisotopic (exact) mass is 291 g/mol. The number of nitrogens with one attached hydrogen (secondary N) is 1. The van der Waals surface area contributed by atoms with Crippen LogP contribution in [0.4, 0.5) is 8.78 Å². The Bertz CT molecular complexity index is 608. The fourth-order valence-electron chi connectivity index (χ4n) is 2.15. The van der Waals surface area contributed by atoms with Gasteiger partial charge in [0.1, 0.15) is 24.0 Å². The van der Waals surface area contributed by atoms with Crippen LogP contribution in [0.25, 0.3) is 0 Å². The molecule has 0 heterocycles. The summed E-state index contributed by atoms with van der Waals surface area (Å²) < 4.78 is 32.1. The molecule has 0 bridgehead atoms. The molecule has 0 aliphatic rings. The quantitative estimate of drug-likeness (QED) is 0.894. The van der Waals surface area contributed by atoms with Crippen molar-refractivity contribution in [3.8, 4) is 5.75 Å². The van der Waals surface area contributed by atoms with Gasteiger partial charge in [0.05, 0.1) is 0 Å². The number of hydrogen-bond acceptors (Lipinski definition) is 2. The largest absolute Gasteiger partial charge is 0.489 e. The summed E-state index contributed by atoms with van der Waals surface area (Å²) in [7, 11) is 1.87. The fraction of sp³-hybridized carbons (Fsp3) is 0.294. The lowest BCUT2D eigenvalue weighted by Crippen LogP contribution is -2.14. The number of aryl methyl sites for hydroxylation is 1. The van der Waals surface area contributed by atoms with Gasteiger partial charge in [-0.3, -0.25) is 0 Å². The van der Waals surface area contributed by atoms with Crippen molar-refractivity contribution in [1.29, 1.82) is 0 Å². The average molecular weight is 291 g/mol. The molecule has 112 valence electrons. The number of ether oxygens (including phenoxy) is 1. The summed E-state index contributed by atoms with van der Waals surface area (Å²) in [6.07, 6.45) is 0. The topological polar surface area (TPSA) is 21.3 Å². The Hall–Kier alpha value is -1.94. The van der Waals surface area contributed by atoms with E-state index < -0.39 is 11.6 Å². The molecule has 0 aliphatic heterocycles. The second kappa shape index (κ2) is 6.68. The smallest absolute Gasteiger partial charge is 0.126 e. The number of rotatable bonds is 5. The van der Waals surface area contributed by atoms with Gasteiger partial charge in [0, 0.05) is 17.7 Å². The third kappa shape index (κ3) is 4.02. The SMILES string of the molecule is CNC(C)c1cc(C)ccc1OCc1cc(F)cc(F)c1. The summed E-state index contributed by atoms with van der Waals surface area (Å²) >= 11 is 0. The van der Waals surface area contributed by atoms with Crippen LogP contribution >= 0.6 is 0 Å². The van der Waals surface area contributed by atoms with Crippen LogP contribution in [0.5, 0.6) is 5.75 Å². The maximum absolute atomic E-state index is 13.2. The van der Waals surface area contributed by atoms with E-state index in [2.05, 4.69) is 5.32 Å².